The summed E-state index contributed by atoms with van der Waals surface area (Å²) in [4.78, 5) is 25.8. The van der Waals surface area contributed by atoms with Gasteiger partial charge in [-0.15, -0.1) is 0 Å². The van der Waals surface area contributed by atoms with Crippen LogP contribution in [-0.4, -0.2) is 31.6 Å². The van der Waals surface area contributed by atoms with Crippen LogP contribution in [-0.2, 0) is 14.3 Å². The first kappa shape index (κ1) is 12.2. The highest BCUT2D eigenvalue weighted by Gasteiger charge is 2.69. The topological polar surface area (TPSA) is 55.8 Å². The van der Waals surface area contributed by atoms with E-state index in [-0.39, 0.29) is 17.7 Å². The fourth-order valence-corrected chi connectivity index (χ4v) is 2.61. The van der Waals surface area contributed by atoms with E-state index < -0.39 is 5.60 Å². The van der Waals surface area contributed by atoms with Crippen molar-refractivity contribution in [2.75, 3.05) is 19.1 Å². The van der Waals surface area contributed by atoms with Gasteiger partial charge in [-0.3, -0.25) is 9.59 Å². The summed E-state index contributed by atoms with van der Waals surface area (Å²) >= 11 is 0. The molecular weight excluding hydrogens is 246 g/mol. The van der Waals surface area contributed by atoms with Gasteiger partial charge in [-0.05, 0) is 37.1 Å². The Labute approximate surface area is 111 Å². The van der Waals surface area contributed by atoms with E-state index in [0.717, 1.165) is 12.8 Å². The van der Waals surface area contributed by atoms with Crippen molar-refractivity contribution in [1.82, 2.24) is 0 Å². The maximum Gasteiger partial charge on any atom is 0.276 e. The summed E-state index contributed by atoms with van der Waals surface area (Å²) in [5, 5.41) is 0. The lowest BCUT2D eigenvalue weighted by Gasteiger charge is -2.45. The van der Waals surface area contributed by atoms with Gasteiger partial charge in [0.2, 0.25) is 5.60 Å². The Morgan fingerprint density at radius 1 is 1.11 bits per heavy atom. The number of carbonyl (C=O) groups excluding carboxylic acids is 2. The molecule has 1 aromatic rings. The molecule has 0 spiro atoms. The number of imide groups is 1. The van der Waals surface area contributed by atoms with Crippen LogP contribution in [0, 0.1) is 5.92 Å². The minimum absolute atomic E-state index is 0.0481. The molecule has 19 heavy (non-hydrogen) atoms. The van der Waals surface area contributed by atoms with Gasteiger partial charge in [-0.1, -0.05) is 0 Å². The number of methoxy groups -OCH3 is 2. The zero-order valence-corrected chi connectivity index (χ0v) is 10.9. The van der Waals surface area contributed by atoms with Crippen molar-refractivity contribution in [3.63, 3.8) is 0 Å². The number of rotatable bonds is 4. The Morgan fingerprint density at radius 3 is 2.11 bits per heavy atom. The highest BCUT2D eigenvalue weighted by Crippen LogP contribution is 2.49. The van der Waals surface area contributed by atoms with Crippen LogP contribution >= 0.6 is 0 Å². The standard InChI is InChI=1S/C14H15NO4/c1-18-11-7-5-10(6-8-11)15-12(16)14(19-2,13(15)17)9-3-4-9/h5-9H,3-4H2,1-2H3. The number of benzene rings is 1. The lowest BCUT2D eigenvalue weighted by Crippen LogP contribution is -2.73. The Hall–Kier alpha value is -1.88. The molecule has 1 aliphatic carbocycles. The Bertz CT molecular complexity index is 517. The summed E-state index contributed by atoms with van der Waals surface area (Å²) in [5.74, 6) is 0.219. The van der Waals surface area contributed by atoms with Crippen LogP contribution in [0.15, 0.2) is 24.3 Å². The van der Waals surface area contributed by atoms with Crippen molar-refractivity contribution in [1.29, 1.82) is 0 Å². The molecule has 1 aromatic carbocycles. The van der Waals surface area contributed by atoms with E-state index in [9.17, 15) is 9.59 Å². The van der Waals surface area contributed by atoms with Crippen molar-refractivity contribution >= 4 is 17.5 Å². The van der Waals surface area contributed by atoms with Gasteiger partial charge in [0.1, 0.15) is 5.75 Å². The molecule has 2 amide bonds. The average molecular weight is 261 g/mol. The molecule has 0 unspecified atom stereocenters. The van der Waals surface area contributed by atoms with E-state index in [0.29, 0.717) is 11.4 Å². The molecule has 3 rings (SSSR count). The predicted molar refractivity (Wildman–Crippen MR) is 68.0 cm³/mol. The van der Waals surface area contributed by atoms with E-state index in [1.54, 1.807) is 31.4 Å². The molecule has 1 aliphatic heterocycles. The van der Waals surface area contributed by atoms with Crippen LogP contribution in [0.1, 0.15) is 12.8 Å². The van der Waals surface area contributed by atoms with Gasteiger partial charge < -0.3 is 9.47 Å². The van der Waals surface area contributed by atoms with Crippen LogP contribution in [0.4, 0.5) is 5.69 Å². The minimum Gasteiger partial charge on any atom is -0.497 e. The Morgan fingerprint density at radius 2 is 1.68 bits per heavy atom. The summed E-state index contributed by atoms with van der Waals surface area (Å²) in [6.45, 7) is 0. The predicted octanol–water partition coefficient (Wildman–Crippen LogP) is 1.36. The number of hydrogen-bond donors (Lipinski definition) is 0. The molecule has 5 heteroatoms. The summed E-state index contributed by atoms with van der Waals surface area (Å²) in [7, 11) is 3.00. The minimum atomic E-state index is -1.22. The molecular formula is C14H15NO4. The lowest BCUT2D eigenvalue weighted by molar-refractivity contribution is -0.170. The van der Waals surface area contributed by atoms with Crippen LogP contribution in [0.5, 0.6) is 5.75 Å². The first-order valence-electron chi connectivity index (χ1n) is 6.23. The van der Waals surface area contributed by atoms with E-state index in [2.05, 4.69) is 0 Å². The Kier molecular flexibility index (Phi) is 2.60. The van der Waals surface area contributed by atoms with Crippen LogP contribution in [0.25, 0.3) is 0 Å². The maximum absolute atomic E-state index is 12.3. The molecule has 0 atom stereocenters. The molecule has 1 saturated carbocycles. The van der Waals surface area contributed by atoms with Crippen molar-refractivity contribution in [2.24, 2.45) is 5.92 Å². The number of carbonyl (C=O) groups is 2. The summed E-state index contributed by atoms with van der Waals surface area (Å²) in [5.41, 5.74) is -0.663. The van der Waals surface area contributed by atoms with E-state index in [1.807, 2.05) is 0 Å². The van der Waals surface area contributed by atoms with Crippen molar-refractivity contribution in [3.8, 4) is 5.75 Å². The summed E-state index contributed by atoms with van der Waals surface area (Å²) in [6, 6.07) is 6.84. The summed E-state index contributed by atoms with van der Waals surface area (Å²) in [6.07, 6.45) is 1.75. The average Bonchev–Trinajstić information content (AvgIpc) is 3.26. The van der Waals surface area contributed by atoms with Gasteiger partial charge in [0.15, 0.2) is 0 Å². The molecule has 0 radical (unpaired) electrons. The van der Waals surface area contributed by atoms with Gasteiger partial charge in [0, 0.05) is 13.0 Å². The summed E-state index contributed by atoms with van der Waals surface area (Å²) < 4.78 is 10.3. The number of ether oxygens (including phenoxy) is 2. The zero-order chi connectivity index (χ0) is 13.6. The number of nitrogens with zero attached hydrogens (tertiary/aromatic N) is 1. The fraction of sp³-hybridized carbons (Fsp3) is 0.429. The monoisotopic (exact) mass is 261 g/mol. The highest BCUT2D eigenvalue weighted by atomic mass is 16.5. The molecule has 1 heterocycles. The largest absolute Gasteiger partial charge is 0.497 e. The number of β-lactam (4-membered cyclic amide) rings is 2. The second-order valence-corrected chi connectivity index (χ2v) is 4.86. The van der Waals surface area contributed by atoms with E-state index in [4.69, 9.17) is 9.47 Å². The van der Waals surface area contributed by atoms with E-state index in [1.165, 1.54) is 12.0 Å². The lowest BCUT2D eigenvalue weighted by atomic mass is 9.85. The van der Waals surface area contributed by atoms with Gasteiger partial charge in [0.25, 0.3) is 11.8 Å². The van der Waals surface area contributed by atoms with Crippen molar-refractivity contribution in [3.05, 3.63) is 24.3 Å². The quantitative estimate of drug-likeness (QED) is 0.606. The first-order chi connectivity index (χ1) is 9.15. The van der Waals surface area contributed by atoms with Crippen LogP contribution < -0.4 is 9.64 Å². The molecule has 0 bridgehead atoms. The molecule has 5 nitrogen and oxygen atoms in total. The second kappa shape index (κ2) is 4.06. The van der Waals surface area contributed by atoms with Crippen LogP contribution in [0.3, 0.4) is 0 Å². The third-order valence-electron chi connectivity index (χ3n) is 3.85. The van der Waals surface area contributed by atoms with E-state index >= 15 is 0 Å². The fourth-order valence-electron chi connectivity index (χ4n) is 2.61. The third kappa shape index (κ3) is 1.51. The van der Waals surface area contributed by atoms with Gasteiger partial charge in [-0.25, -0.2) is 4.90 Å². The zero-order valence-electron chi connectivity index (χ0n) is 10.9. The molecule has 2 fully saturated rings. The SMILES string of the molecule is COc1ccc(N2C(=O)C(OC)(C3CC3)C2=O)cc1. The van der Waals surface area contributed by atoms with Gasteiger partial charge >= 0.3 is 0 Å². The number of amides is 2. The smallest absolute Gasteiger partial charge is 0.276 e. The van der Waals surface area contributed by atoms with Crippen LogP contribution in [0.2, 0.25) is 0 Å². The second-order valence-electron chi connectivity index (χ2n) is 4.86. The molecule has 0 aromatic heterocycles. The number of hydrogen-bond acceptors (Lipinski definition) is 4. The van der Waals surface area contributed by atoms with Crippen molar-refractivity contribution < 1.29 is 19.1 Å². The molecule has 100 valence electrons. The molecule has 1 saturated heterocycles. The molecule has 2 aliphatic rings. The maximum atomic E-state index is 12.3. The Balaban J connectivity index is 1.87. The van der Waals surface area contributed by atoms with Gasteiger partial charge in [-0.2, -0.15) is 0 Å². The van der Waals surface area contributed by atoms with Crippen molar-refractivity contribution in [2.45, 2.75) is 18.4 Å². The third-order valence-corrected chi connectivity index (χ3v) is 3.85. The first-order valence-corrected chi connectivity index (χ1v) is 6.23. The normalized spacial score (nSPS) is 21.3. The molecule has 0 N–H and O–H groups in total. The number of anilines is 1. The van der Waals surface area contributed by atoms with Gasteiger partial charge in [0.05, 0.1) is 12.8 Å². The highest BCUT2D eigenvalue weighted by molar-refractivity contribution is 6.39.